The van der Waals surface area contributed by atoms with Crippen LogP contribution in [-0.2, 0) is 6.54 Å². The Balaban J connectivity index is 1.26. The summed E-state index contributed by atoms with van der Waals surface area (Å²) < 4.78 is 6.40. The zero-order chi connectivity index (χ0) is 22.4. The monoisotopic (exact) mass is 458 g/mol. The van der Waals surface area contributed by atoms with Gasteiger partial charge in [-0.05, 0) is 66.2 Å². The van der Waals surface area contributed by atoms with E-state index >= 15 is 0 Å². The molecule has 2 aromatic carbocycles. The Morgan fingerprint density at radius 3 is 2.73 bits per heavy atom. The van der Waals surface area contributed by atoms with Gasteiger partial charge in [0.15, 0.2) is 0 Å². The highest BCUT2D eigenvalue weighted by molar-refractivity contribution is 6.36. The van der Waals surface area contributed by atoms with E-state index in [1.807, 2.05) is 6.20 Å². The quantitative estimate of drug-likeness (QED) is 0.584. The lowest BCUT2D eigenvalue weighted by Gasteiger charge is -2.30. The summed E-state index contributed by atoms with van der Waals surface area (Å²) in [6.07, 6.45) is 8.36. The number of anilines is 1. The molecule has 1 fully saturated rings. The third-order valence-electron chi connectivity index (χ3n) is 7.16. The second-order valence-corrected chi connectivity index (χ2v) is 9.64. The molecular formula is C27H27ClN4O. The number of hydrogen-bond donors (Lipinski definition) is 1. The first-order chi connectivity index (χ1) is 16.2. The minimum Gasteiger partial charge on any atom is -0.490 e. The molecule has 0 radical (unpaired) electrons. The molecule has 0 spiro atoms. The maximum Gasteiger partial charge on any atom is 0.120 e. The van der Waals surface area contributed by atoms with Crippen LogP contribution in [0, 0.1) is 5.92 Å². The number of aromatic nitrogens is 1. The minimum absolute atomic E-state index is 0.237. The van der Waals surface area contributed by atoms with Crippen molar-refractivity contribution in [2.45, 2.75) is 38.3 Å². The normalized spacial score (nSPS) is 22.3. The largest absolute Gasteiger partial charge is 0.490 e. The number of nitrogens with one attached hydrogen (secondary N) is 1. The number of fused-ring (bicyclic) bond motifs is 4. The van der Waals surface area contributed by atoms with E-state index in [-0.39, 0.29) is 6.10 Å². The summed E-state index contributed by atoms with van der Waals surface area (Å²) >= 11 is 6.89. The number of ether oxygens (including phenoxy) is 1. The van der Waals surface area contributed by atoms with Gasteiger partial charge in [-0.2, -0.15) is 10.2 Å². The van der Waals surface area contributed by atoms with Crippen LogP contribution in [0.1, 0.15) is 31.2 Å². The Kier molecular flexibility index (Phi) is 5.22. The topological polar surface area (TPSA) is 53.0 Å². The molecule has 168 valence electrons. The fourth-order valence-electron chi connectivity index (χ4n) is 5.48. The molecule has 3 heterocycles. The van der Waals surface area contributed by atoms with Crippen LogP contribution in [0.25, 0.3) is 22.5 Å². The fraction of sp³-hybridized carbons (Fsp3) is 0.333. The highest BCUT2D eigenvalue weighted by Crippen LogP contribution is 2.38. The van der Waals surface area contributed by atoms with Gasteiger partial charge < -0.3 is 14.6 Å². The van der Waals surface area contributed by atoms with E-state index in [4.69, 9.17) is 16.3 Å². The average molecular weight is 459 g/mol. The van der Waals surface area contributed by atoms with Crippen LogP contribution < -0.4 is 20.3 Å². The number of likely N-dealkylation sites (N-methyl/N-ethyl adjacent to an activating group) is 1. The van der Waals surface area contributed by atoms with Crippen molar-refractivity contribution < 1.29 is 4.74 Å². The first kappa shape index (κ1) is 20.5. The number of benzene rings is 2. The predicted octanol–water partition coefficient (Wildman–Crippen LogP) is 5.23. The maximum atomic E-state index is 6.89. The number of halogens is 1. The molecule has 2 aliphatic heterocycles. The summed E-state index contributed by atoms with van der Waals surface area (Å²) in [4.78, 5) is 5.89. The molecule has 5 nitrogen and oxygen atoms in total. The van der Waals surface area contributed by atoms with Crippen LogP contribution >= 0.6 is 11.6 Å². The molecule has 3 aromatic rings. The number of nitrogens with zero attached hydrogens (tertiary/aromatic N) is 3. The molecule has 0 amide bonds. The Labute approximate surface area is 198 Å². The van der Waals surface area contributed by atoms with Gasteiger partial charge in [-0.1, -0.05) is 41.9 Å². The lowest BCUT2D eigenvalue weighted by atomic mass is 9.81. The second kappa shape index (κ2) is 8.38. The molecule has 1 N–H and O–H groups in total. The number of rotatable bonds is 3. The molecule has 1 aliphatic carbocycles. The van der Waals surface area contributed by atoms with Crippen LogP contribution in [0.4, 0.5) is 5.69 Å². The second-order valence-electron chi connectivity index (χ2n) is 9.23. The Morgan fingerprint density at radius 1 is 1.06 bits per heavy atom. The molecule has 6 heteroatoms. The van der Waals surface area contributed by atoms with E-state index in [0.29, 0.717) is 12.5 Å². The molecular weight excluding hydrogens is 432 g/mol. The van der Waals surface area contributed by atoms with Gasteiger partial charge in [0.2, 0.25) is 0 Å². The Bertz CT molecular complexity index is 1400. The minimum atomic E-state index is 0.237. The van der Waals surface area contributed by atoms with E-state index in [1.165, 1.54) is 27.6 Å². The first-order valence-corrected chi connectivity index (χ1v) is 12.1. The highest BCUT2D eigenvalue weighted by Gasteiger charge is 2.30. The third-order valence-corrected chi connectivity index (χ3v) is 7.52. The lowest BCUT2D eigenvalue weighted by molar-refractivity contribution is 0.143. The van der Waals surface area contributed by atoms with Crippen LogP contribution in [0.15, 0.2) is 63.8 Å². The smallest absolute Gasteiger partial charge is 0.120 e. The van der Waals surface area contributed by atoms with Gasteiger partial charge in [-0.25, -0.2) is 0 Å². The van der Waals surface area contributed by atoms with E-state index in [0.717, 1.165) is 53.7 Å². The molecule has 1 aromatic heterocycles. The van der Waals surface area contributed by atoms with Crippen LogP contribution in [0.2, 0.25) is 0 Å². The van der Waals surface area contributed by atoms with Crippen LogP contribution in [-0.4, -0.2) is 24.7 Å². The van der Waals surface area contributed by atoms with Crippen molar-refractivity contribution in [1.82, 2.24) is 4.98 Å². The van der Waals surface area contributed by atoms with Gasteiger partial charge in [0.05, 0.1) is 35.2 Å². The fourth-order valence-corrected chi connectivity index (χ4v) is 5.80. The van der Waals surface area contributed by atoms with Gasteiger partial charge in [0.25, 0.3) is 0 Å². The van der Waals surface area contributed by atoms with Gasteiger partial charge in [0, 0.05) is 24.2 Å². The van der Waals surface area contributed by atoms with Gasteiger partial charge in [-0.15, -0.1) is 0 Å². The standard InChI is InChI=1S/C27H27ClN4O/c1-32-13-12-23(28)25(26-27(32)22-15-29-30-16-24(22)31-26)18-7-9-20(10-8-18)33-21-11-6-17-4-2-3-5-19(17)14-21/h2-6,11-12,14,16,18,20,31H,7-10,13,15H2,1H3. The van der Waals surface area contributed by atoms with E-state index in [9.17, 15) is 0 Å². The summed E-state index contributed by atoms with van der Waals surface area (Å²) in [6.45, 7) is 1.40. The van der Waals surface area contributed by atoms with Crippen LogP contribution in [0.5, 0.6) is 5.75 Å². The van der Waals surface area contributed by atoms with Gasteiger partial charge in [-0.3, -0.25) is 0 Å². The third kappa shape index (κ3) is 3.74. The number of aromatic amines is 1. The number of allylic oxidation sites excluding steroid dienone is 1. The Morgan fingerprint density at radius 2 is 1.88 bits per heavy atom. The van der Waals surface area contributed by atoms with Crippen molar-refractivity contribution in [2.24, 2.45) is 16.1 Å². The van der Waals surface area contributed by atoms with Crippen molar-refractivity contribution in [3.05, 3.63) is 69.8 Å². The number of H-pyrrole nitrogens is 1. The SMILES string of the molecule is CN1CC=C(Cl)C(C2CCC(Oc3ccc4ccccc4c3)CC2)=c2[nH]c3c(c21)CN=NC=3. The highest BCUT2D eigenvalue weighted by atomic mass is 35.5. The van der Waals surface area contributed by atoms with Crippen molar-refractivity contribution >= 4 is 39.8 Å². The molecule has 1 saturated carbocycles. The Hall–Kier alpha value is -3.05. The van der Waals surface area contributed by atoms with Gasteiger partial charge >= 0.3 is 0 Å². The summed E-state index contributed by atoms with van der Waals surface area (Å²) in [5.74, 6) is 1.37. The zero-order valence-corrected chi connectivity index (χ0v) is 19.5. The molecule has 0 unspecified atom stereocenters. The lowest BCUT2D eigenvalue weighted by Crippen LogP contribution is -2.28. The van der Waals surface area contributed by atoms with E-state index < -0.39 is 0 Å². The maximum absolute atomic E-state index is 6.89. The summed E-state index contributed by atoms with van der Waals surface area (Å²) in [5.41, 5.74) is 3.67. The molecule has 33 heavy (non-hydrogen) atoms. The van der Waals surface area contributed by atoms with E-state index in [2.05, 4.69) is 75.7 Å². The number of hydrogen-bond acceptors (Lipinski definition) is 4. The van der Waals surface area contributed by atoms with Crippen molar-refractivity contribution in [2.75, 3.05) is 18.5 Å². The van der Waals surface area contributed by atoms with Crippen molar-refractivity contribution in [3.63, 3.8) is 0 Å². The molecule has 6 rings (SSSR count). The average Bonchev–Trinajstić information content (AvgIpc) is 3.17. The number of azo groups is 1. The molecule has 0 bridgehead atoms. The summed E-state index contributed by atoms with van der Waals surface area (Å²) in [6, 6.07) is 14.8. The summed E-state index contributed by atoms with van der Waals surface area (Å²) in [7, 11) is 2.12. The van der Waals surface area contributed by atoms with Crippen LogP contribution in [0.3, 0.4) is 0 Å². The summed E-state index contributed by atoms with van der Waals surface area (Å²) in [5, 5.41) is 13.9. The molecule has 0 saturated heterocycles. The van der Waals surface area contributed by atoms with Crippen molar-refractivity contribution in [3.8, 4) is 5.75 Å². The first-order valence-electron chi connectivity index (χ1n) is 11.7. The van der Waals surface area contributed by atoms with Crippen molar-refractivity contribution in [1.29, 1.82) is 0 Å². The predicted molar refractivity (Wildman–Crippen MR) is 134 cm³/mol. The van der Waals surface area contributed by atoms with Gasteiger partial charge in [0.1, 0.15) is 5.75 Å². The zero-order valence-electron chi connectivity index (χ0n) is 18.7. The molecule has 3 aliphatic rings. The molecule has 0 atom stereocenters. The van der Waals surface area contributed by atoms with E-state index in [1.54, 1.807) is 0 Å².